The smallest absolute Gasteiger partial charge is 0.434 e. The highest BCUT2D eigenvalue weighted by Crippen LogP contribution is 2.17. The van der Waals surface area contributed by atoms with E-state index in [1.54, 1.807) is 24.3 Å². The van der Waals surface area contributed by atoms with Gasteiger partial charge in [0.15, 0.2) is 0 Å². The second-order valence-corrected chi connectivity index (χ2v) is 5.81. The third-order valence-corrected chi connectivity index (χ3v) is 3.70. The molecule has 0 spiro atoms. The van der Waals surface area contributed by atoms with Crippen LogP contribution in [0.25, 0.3) is 0 Å². The highest BCUT2D eigenvalue weighted by Gasteiger charge is 2.11. The fourth-order valence-corrected chi connectivity index (χ4v) is 2.23. The van der Waals surface area contributed by atoms with E-state index in [-0.39, 0.29) is 5.75 Å². The third kappa shape index (κ3) is 6.83. The second kappa shape index (κ2) is 10.6. The van der Waals surface area contributed by atoms with Gasteiger partial charge in [0.1, 0.15) is 11.5 Å². The first kappa shape index (κ1) is 20.0. The molecule has 0 aliphatic carbocycles. The van der Waals surface area contributed by atoms with Gasteiger partial charge in [-0.05, 0) is 55.0 Å². The normalized spacial score (nSPS) is 9.93. The summed E-state index contributed by atoms with van der Waals surface area (Å²) in [4.78, 5) is 23.7. The summed E-state index contributed by atoms with van der Waals surface area (Å²) in [6.45, 7) is 2.44. The van der Waals surface area contributed by atoms with E-state index in [0.717, 1.165) is 25.7 Å². The van der Waals surface area contributed by atoms with Crippen molar-refractivity contribution in [2.24, 2.45) is 0 Å². The Bertz CT molecular complexity index is 791. The molecule has 6 nitrogen and oxygen atoms in total. The first-order chi connectivity index (χ1) is 13.1. The molecular formula is C21H21NO5. The summed E-state index contributed by atoms with van der Waals surface area (Å²) in [6, 6.07) is 14.2. The number of benzene rings is 2. The van der Waals surface area contributed by atoms with Crippen molar-refractivity contribution in [3.63, 3.8) is 0 Å². The Balaban J connectivity index is 1.82. The molecule has 0 amide bonds. The van der Waals surface area contributed by atoms with Crippen molar-refractivity contribution in [1.29, 1.82) is 5.26 Å². The van der Waals surface area contributed by atoms with Gasteiger partial charge in [0, 0.05) is 0 Å². The van der Waals surface area contributed by atoms with Crippen LogP contribution in [-0.4, -0.2) is 18.7 Å². The third-order valence-electron chi connectivity index (χ3n) is 3.70. The van der Waals surface area contributed by atoms with Crippen LogP contribution in [0.5, 0.6) is 11.5 Å². The van der Waals surface area contributed by atoms with E-state index in [0.29, 0.717) is 23.5 Å². The Kier molecular flexibility index (Phi) is 7.86. The van der Waals surface area contributed by atoms with E-state index < -0.39 is 12.1 Å². The molecule has 0 heterocycles. The molecule has 2 aromatic rings. The standard InChI is InChI=1S/C21H21NO5/c1-2-3-4-5-14-25-21(24)27-19-12-8-17(9-13-19)20(23)26-18-10-6-16(15-22)7-11-18/h6-13H,2-5,14H2,1H3. The lowest BCUT2D eigenvalue weighted by molar-refractivity contribution is 0.0734. The molecule has 0 aromatic heterocycles. The van der Waals surface area contributed by atoms with E-state index in [1.807, 2.05) is 6.07 Å². The van der Waals surface area contributed by atoms with Gasteiger partial charge in [-0.1, -0.05) is 26.2 Å². The minimum absolute atomic E-state index is 0.281. The predicted molar refractivity (Wildman–Crippen MR) is 98.7 cm³/mol. The maximum atomic E-state index is 12.1. The van der Waals surface area contributed by atoms with E-state index in [9.17, 15) is 9.59 Å². The summed E-state index contributed by atoms with van der Waals surface area (Å²) >= 11 is 0. The number of esters is 1. The van der Waals surface area contributed by atoms with Crippen molar-refractivity contribution in [2.45, 2.75) is 32.6 Å². The number of nitrogens with zero attached hydrogens (tertiary/aromatic N) is 1. The average Bonchev–Trinajstić information content (AvgIpc) is 2.69. The van der Waals surface area contributed by atoms with Crippen LogP contribution in [0, 0.1) is 11.3 Å². The molecule has 0 unspecified atom stereocenters. The van der Waals surface area contributed by atoms with Gasteiger partial charge in [-0.25, -0.2) is 9.59 Å². The van der Waals surface area contributed by atoms with Crippen molar-refractivity contribution in [2.75, 3.05) is 6.61 Å². The Morgan fingerprint density at radius 2 is 1.52 bits per heavy atom. The number of unbranched alkanes of at least 4 members (excludes halogenated alkanes) is 3. The SMILES string of the molecule is CCCCCCOC(=O)Oc1ccc(C(=O)Oc2ccc(C#N)cc2)cc1. The Morgan fingerprint density at radius 1 is 0.889 bits per heavy atom. The van der Waals surface area contributed by atoms with Crippen LogP contribution in [0.2, 0.25) is 0 Å². The maximum absolute atomic E-state index is 12.1. The van der Waals surface area contributed by atoms with Crippen molar-refractivity contribution < 1.29 is 23.8 Å². The molecule has 0 atom stereocenters. The van der Waals surface area contributed by atoms with E-state index in [2.05, 4.69) is 6.92 Å². The Morgan fingerprint density at radius 3 is 2.15 bits per heavy atom. The topological polar surface area (TPSA) is 85.6 Å². The summed E-state index contributed by atoms with van der Waals surface area (Å²) in [6.07, 6.45) is 3.28. The van der Waals surface area contributed by atoms with Gasteiger partial charge in [0.25, 0.3) is 0 Å². The Labute approximate surface area is 158 Å². The lowest BCUT2D eigenvalue weighted by Gasteiger charge is -2.07. The molecule has 0 N–H and O–H groups in total. The summed E-state index contributed by atoms with van der Waals surface area (Å²) in [5.74, 6) is 0.0687. The van der Waals surface area contributed by atoms with E-state index in [1.165, 1.54) is 24.3 Å². The lowest BCUT2D eigenvalue weighted by atomic mass is 10.2. The van der Waals surface area contributed by atoms with Gasteiger partial charge >= 0.3 is 12.1 Å². The highest BCUT2D eigenvalue weighted by molar-refractivity contribution is 5.91. The summed E-state index contributed by atoms with van der Waals surface area (Å²) in [7, 11) is 0. The molecule has 6 heteroatoms. The molecular weight excluding hydrogens is 346 g/mol. The van der Waals surface area contributed by atoms with Crippen LogP contribution < -0.4 is 9.47 Å². The zero-order chi connectivity index (χ0) is 19.5. The van der Waals surface area contributed by atoms with E-state index >= 15 is 0 Å². The van der Waals surface area contributed by atoms with Crippen LogP contribution in [-0.2, 0) is 4.74 Å². The largest absolute Gasteiger partial charge is 0.513 e. The van der Waals surface area contributed by atoms with Crippen LogP contribution in [0.15, 0.2) is 48.5 Å². The molecule has 2 rings (SSSR count). The molecule has 2 aromatic carbocycles. The van der Waals surface area contributed by atoms with E-state index in [4.69, 9.17) is 19.5 Å². The molecule has 0 aliphatic rings. The highest BCUT2D eigenvalue weighted by atomic mass is 16.7. The molecule has 0 aliphatic heterocycles. The fourth-order valence-electron chi connectivity index (χ4n) is 2.23. The number of hydrogen-bond acceptors (Lipinski definition) is 6. The second-order valence-electron chi connectivity index (χ2n) is 5.81. The maximum Gasteiger partial charge on any atom is 0.513 e. The molecule has 0 saturated carbocycles. The van der Waals surface area contributed by atoms with Crippen LogP contribution in [0.3, 0.4) is 0 Å². The quantitative estimate of drug-likeness (QED) is 0.286. The van der Waals surface area contributed by atoms with Crippen molar-refractivity contribution >= 4 is 12.1 Å². The van der Waals surface area contributed by atoms with Crippen molar-refractivity contribution in [1.82, 2.24) is 0 Å². The van der Waals surface area contributed by atoms with Gasteiger partial charge in [-0.3, -0.25) is 0 Å². The van der Waals surface area contributed by atoms with Crippen LogP contribution in [0.4, 0.5) is 4.79 Å². The Hall–Kier alpha value is -3.33. The first-order valence-corrected chi connectivity index (χ1v) is 8.79. The minimum atomic E-state index is -0.764. The zero-order valence-corrected chi connectivity index (χ0v) is 15.1. The average molecular weight is 367 g/mol. The monoisotopic (exact) mass is 367 g/mol. The molecule has 0 saturated heterocycles. The number of rotatable bonds is 8. The summed E-state index contributed by atoms with van der Waals surface area (Å²) in [5, 5.41) is 8.76. The number of carbonyl (C=O) groups is 2. The van der Waals surface area contributed by atoms with Gasteiger partial charge in [0.2, 0.25) is 0 Å². The number of nitriles is 1. The summed E-state index contributed by atoms with van der Waals surface area (Å²) in [5.41, 5.74) is 0.785. The number of carbonyl (C=O) groups excluding carboxylic acids is 2. The van der Waals surface area contributed by atoms with Crippen molar-refractivity contribution in [3.05, 3.63) is 59.7 Å². The van der Waals surface area contributed by atoms with Gasteiger partial charge in [-0.15, -0.1) is 0 Å². The summed E-state index contributed by atoms with van der Waals surface area (Å²) < 4.78 is 15.3. The fraction of sp³-hybridized carbons (Fsp3) is 0.286. The molecule has 0 fully saturated rings. The molecule has 27 heavy (non-hydrogen) atoms. The zero-order valence-electron chi connectivity index (χ0n) is 15.1. The van der Waals surface area contributed by atoms with Gasteiger partial charge in [-0.2, -0.15) is 5.26 Å². The predicted octanol–water partition coefficient (Wildman–Crippen LogP) is 4.87. The molecule has 0 bridgehead atoms. The van der Waals surface area contributed by atoms with Gasteiger partial charge in [0.05, 0.1) is 23.8 Å². The lowest BCUT2D eigenvalue weighted by Crippen LogP contribution is -2.12. The molecule has 140 valence electrons. The number of hydrogen-bond donors (Lipinski definition) is 0. The van der Waals surface area contributed by atoms with Gasteiger partial charge < -0.3 is 14.2 Å². The molecule has 0 radical (unpaired) electrons. The number of ether oxygens (including phenoxy) is 3. The van der Waals surface area contributed by atoms with Crippen molar-refractivity contribution in [3.8, 4) is 17.6 Å². The minimum Gasteiger partial charge on any atom is -0.434 e. The first-order valence-electron chi connectivity index (χ1n) is 8.79. The van der Waals surface area contributed by atoms with Crippen LogP contribution >= 0.6 is 0 Å². The van der Waals surface area contributed by atoms with Crippen LogP contribution in [0.1, 0.15) is 48.5 Å².